The second kappa shape index (κ2) is 12.2. The summed E-state index contributed by atoms with van der Waals surface area (Å²) < 4.78 is 49.7. The van der Waals surface area contributed by atoms with Crippen LogP contribution in [0.2, 0.25) is 0 Å². The molecule has 10 heteroatoms. The van der Waals surface area contributed by atoms with Gasteiger partial charge in [-0.3, -0.25) is 9.10 Å². The van der Waals surface area contributed by atoms with Crippen molar-refractivity contribution >= 4 is 21.6 Å². The van der Waals surface area contributed by atoms with Gasteiger partial charge in [0.2, 0.25) is 5.91 Å². The van der Waals surface area contributed by atoms with Gasteiger partial charge >= 0.3 is 0 Å². The van der Waals surface area contributed by atoms with Gasteiger partial charge in [0.25, 0.3) is 10.0 Å². The van der Waals surface area contributed by atoms with Gasteiger partial charge in [-0.2, -0.15) is 0 Å². The molecule has 192 valence electrons. The zero-order valence-corrected chi connectivity index (χ0v) is 21.4. The van der Waals surface area contributed by atoms with Gasteiger partial charge in [-0.15, -0.1) is 0 Å². The highest BCUT2D eigenvalue weighted by molar-refractivity contribution is 7.92. The minimum Gasteiger partial charge on any atom is -0.497 e. The molecule has 0 aliphatic rings. The normalized spacial score (nSPS) is 11.8. The van der Waals surface area contributed by atoms with E-state index in [1.807, 2.05) is 0 Å². The van der Waals surface area contributed by atoms with E-state index in [0.717, 1.165) is 4.31 Å². The van der Waals surface area contributed by atoms with E-state index >= 15 is 0 Å². The van der Waals surface area contributed by atoms with Crippen LogP contribution in [0.5, 0.6) is 23.0 Å². The standard InChI is InChI=1S/C26H30N2O7S/c1-19(18-35-21-12-10-20(32-2)11-13-21)27-26(29)17-28(36(30,31)23-8-6-5-7-9-23)24-16-22(33-3)14-15-25(24)34-4/h5-16,19H,17-18H2,1-4H3,(H,27,29). The van der Waals surface area contributed by atoms with Crippen molar-refractivity contribution in [1.29, 1.82) is 0 Å². The third-order valence-electron chi connectivity index (χ3n) is 5.24. The maximum absolute atomic E-state index is 13.6. The number of ether oxygens (including phenoxy) is 4. The highest BCUT2D eigenvalue weighted by Crippen LogP contribution is 2.35. The van der Waals surface area contributed by atoms with E-state index in [9.17, 15) is 13.2 Å². The number of benzene rings is 3. The highest BCUT2D eigenvalue weighted by atomic mass is 32.2. The van der Waals surface area contributed by atoms with Crippen LogP contribution in [-0.4, -0.2) is 54.8 Å². The maximum atomic E-state index is 13.6. The molecule has 36 heavy (non-hydrogen) atoms. The first-order chi connectivity index (χ1) is 17.3. The Hall–Kier alpha value is -3.92. The number of methoxy groups -OCH3 is 3. The first-order valence-electron chi connectivity index (χ1n) is 11.1. The molecule has 3 rings (SSSR count). The fraction of sp³-hybridized carbons (Fsp3) is 0.269. The molecule has 0 heterocycles. The molecule has 3 aromatic rings. The Kier molecular flexibility index (Phi) is 9.02. The molecule has 9 nitrogen and oxygen atoms in total. The summed E-state index contributed by atoms with van der Waals surface area (Å²) >= 11 is 0. The van der Waals surface area contributed by atoms with E-state index < -0.39 is 28.5 Å². The second-order valence-corrected chi connectivity index (χ2v) is 9.68. The molecule has 0 aliphatic heterocycles. The van der Waals surface area contributed by atoms with Crippen LogP contribution >= 0.6 is 0 Å². The van der Waals surface area contributed by atoms with Crippen LogP contribution in [-0.2, 0) is 14.8 Å². The molecule has 1 unspecified atom stereocenters. The molecular weight excluding hydrogens is 484 g/mol. The molecule has 0 bridgehead atoms. The number of carbonyl (C=O) groups excluding carboxylic acids is 1. The average molecular weight is 515 g/mol. The highest BCUT2D eigenvalue weighted by Gasteiger charge is 2.30. The van der Waals surface area contributed by atoms with Crippen LogP contribution in [0, 0.1) is 0 Å². The Labute approximate surface area is 211 Å². The summed E-state index contributed by atoms with van der Waals surface area (Å²) in [4.78, 5) is 13.0. The summed E-state index contributed by atoms with van der Waals surface area (Å²) in [6.45, 7) is 1.48. The van der Waals surface area contributed by atoms with Gasteiger partial charge in [-0.25, -0.2) is 8.42 Å². The lowest BCUT2D eigenvalue weighted by atomic mass is 10.2. The van der Waals surface area contributed by atoms with Gasteiger partial charge in [-0.05, 0) is 55.5 Å². The number of sulfonamides is 1. The van der Waals surface area contributed by atoms with Crippen molar-refractivity contribution in [2.24, 2.45) is 0 Å². The quantitative estimate of drug-likeness (QED) is 0.395. The Morgan fingerprint density at radius 1 is 0.861 bits per heavy atom. The van der Waals surface area contributed by atoms with Gasteiger partial charge in [-0.1, -0.05) is 18.2 Å². The van der Waals surface area contributed by atoms with Crippen molar-refractivity contribution < 1.29 is 32.2 Å². The molecule has 0 radical (unpaired) electrons. The molecule has 0 fully saturated rings. The Morgan fingerprint density at radius 3 is 2.08 bits per heavy atom. The summed E-state index contributed by atoms with van der Waals surface area (Å²) in [5, 5.41) is 2.80. The zero-order chi connectivity index (χ0) is 26.1. The van der Waals surface area contributed by atoms with Crippen LogP contribution in [0.3, 0.4) is 0 Å². The summed E-state index contributed by atoms with van der Waals surface area (Å²) in [5.41, 5.74) is 0.179. The predicted molar refractivity (Wildman–Crippen MR) is 137 cm³/mol. The Balaban J connectivity index is 1.80. The number of nitrogens with zero attached hydrogens (tertiary/aromatic N) is 1. The molecule has 1 N–H and O–H groups in total. The van der Waals surface area contributed by atoms with Crippen molar-refractivity contribution in [3.63, 3.8) is 0 Å². The first kappa shape index (κ1) is 26.7. The number of nitrogens with one attached hydrogen (secondary N) is 1. The molecule has 0 aliphatic carbocycles. The largest absolute Gasteiger partial charge is 0.497 e. The number of rotatable bonds is 12. The van der Waals surface area contributed by atoms with Crippen LogP contribution < -0.4 is 28.6 Å². The average Bonchev–Trinajstić information content (AvgIpc) is 2.90. The molecule has 1 atom stereocenters. The summed E-state index contributed by atoms with van der Waals surface area (Å²) in [5.74, 6) is 1.51. The summed E-state index contributed by atoms with van der Waals surface area (Å²) in [6.07, 6.45) is 0. The van der Waals surface area contributed by atoms with Gasteiger partial charge in [0.15, 0.2) is 0 Å². The van der Waals surface area contributed by atoms with Gasteiger partial charge in [0, 0.05) is 6.07 Å². The predicted octanol–water partition coefficient (Wildman–Crippen LogP) is 3.49. The van der Waals surface area contributed by atoms with Crippen molar-refractivity contribution in [2.45, 2.75) is 17.9 Å². The van der Waals surface area contributed by atoms with Crippen molar-refractivity contribution in [3.05, 3.63) is 72.8 Å². The zero-order valence-electron chi connectivity index (χ0n) is 20.6. The molecule has 0 saturated carbocycles. The van der Waals surface area contributed by atoms with Crippen LogP contribution in [0.1, 0.15) is 6.92 Å². The van der Waals surface area contributed by atoms with Crippen LogP contribution in [0.15, 0.2) is 77.7 Å². The van der Waals surface area contributed by atoms with Crippen molar-refractivity contribution in [3.8, 4) is 23.0 Å². The maximum Gasteiger partial charge on any atom is 0.264 e. The molecule has 0 saturated heterocycles. The van der Waals surface area contributed by atoms with E-state index in [2.05, 4.69) is 5.32 Å². The monoisotopic (exact) mass is 514 g/mol. The van der Waals surface area contributed by atoms with Gasteiger partial charge in [0.05, 0.1) is 38.0 Å². The number of anilines is 1. The van der Waals surface area contributed by atoms with E-state index in [1.165, 1.54) is 32.4 Å². The second-order valence-electron chi connectivity index (χ2n) is 7.82. The summed E-state index contributed by atoms with van der Waals surface area (Å²) in [6, 6.07) is 19.3. The minimum absolute atomic E-state index is 0.0403. The fourth-order valence-electron chi connectivity index (χ4n) is 3.40. The van der Waals surface area contributed by atoms with E-state index in [1.54, 1.807) is 68.6 Å². The number of hydrogen-bond acceptors (Lipinski definition) is 7. The van der Waals surface area contributed by atoms with Crippen LogP contribution in [0.25, 0.3) is 0 Å². The lowest BCUT2D eigenvalue weighted by Gasteiger charge is -2.26. The smallest absolute Gasteiger partial charge is 0.264 e. The summed E-state index contributed by atoms with van der Waals surface area (Å²) in [7, 11) is 0.368. The topological polar surface area (TPSA) is 103 Å². The third kappa shape index (κ3) is 6.60. The van der Waals surface area contributed by atoms with Crippen molar-refractivity contribution in [2.75, 3.05) is 38.8 Å². The number of carbonyl (C=O) groups is 1. The van der Waals surface area contributed by atoms with E-state index in [-0.39, 0.29) is 22.9 Å². The Bertz CT molecular complexity index is 1250. The Morgan fingerprint density at radius 2 is 1.47 bits per heavy atom. The first-order valence-corrected chi connectivity index (χ1v) is 12.6. The number of hydrogen-bond donors (Lipinski definition) is 1. The van der Waals surface area contributed by atoms with Gasteiger partial charge < -0.3 is 24.3 Å². The lowest BCUT2D eigenvalue weighted by Crippen LogP contribution is -2.45. The lowest BCUT2D eigenvalue weighted by molar-refractivity contribution is -0.120. The van der Waals surface area contributed by atoms with Gasteiger partial charge in [0.1, 0.15) is 36.1 Å². The fourth-order valence-corrected chi connectivity index (χ4v) is 4.84. The molecule has 0 aromatic heterocycles. The van der Waals surface area contributed by atoms with E-state index in [0.29, 0.717) is 17.2 Å². The molecule has 3 aromatic carbocycles. The SMILES string of the molecule is COc1ccc(OCC(C)NC(=O)CN(c2cc(OC)ccc2OC)S(=O)(=O)c2ccccc2)cc1. The number of amides is 1. The molecule has 1 amide bonds. The van der Waals surface area contributed by atoms with Crippen LogP contribution in [0.4, 0.5) is 5.69 Å². The molecular formula is C26H30N2O7S. The molecule has 0 spiro atoms. The minimum atomic E-state index is -4.11. The van der Waals surface area contributed by atoms with Crippen molar-refractivity contribution in [1.82, 2.24) is 5.32 Å². The third-order valence-corrected chi connectivity index (χ3v) is 7.01. The van der Waals surface area contributed by atoms with E-state index in [4.69, 9.17) is 18.9 Å².